The molecule has 0 radical (unpaired) electrons. The van der Waals surface area contributed by atoms with Gasteiger partial charge in [-0.25, -0.2) is 15.0 Å². The SMILES string of the molecule is [2H]c1c([2H])c([2H])c(-c2nc(-c3cccc(-c4cccc5c4sc4ccccc45)c3)nc(-c3ccc4c(c3)oc3ccc(-c5ccccc5)cc34)n2)c([2H])c1[2H]. The molecule has 0 fully saturated rings. The van der Waals surface area contributed by atoms with E-state index in [2.05, 4.69) is 66.7 Å². The van der Waals surface area contributed by atoms with E-state index in [4.69, 9.17) is 26.2 Å². The number of hydrogen-bond donors (Lipinski definition) is 0. The van der Waals surface area contributed by atoms with Crippen LogP contribution in [0, 0.1) is 0 Å². The van der Waals surface area contributed by atoms with Gasteiger partial charge >= 0.3 is 0 Å². The summed E-state index contributed by atoms with van der Waals surface area (Å²) < 4.78 is 51.2. The number of rotatable bonds is 5. The molecular formula is C45H27N3OS. The molecule has 0 saturated carbocycles. The summed E-state index contributed by atoms with van der Waals surface area (Å²) in [5, 5.41) is 4.31. The maximum atomic E-state index is 8.75. The molecule has 10 aromatic rings. The molecule has 0 saturated heterocycles. The van der Waals surface area contributed by atoms with Gasteiger partial charge in [-0.1, -0.05) is 127 Å². The van der Waals surface area contributed by atoms with Crippen molar-refractivity contribution in [3.8, 4) is 56.4 Å². The highest BCUT2D eigenvalue weighted by Crippen LogP contribution is 2.41. The molecule has 0 aliphatic heterocycles. The molecule has 0 amide bonds. The Bertz CT molecular complexity index is 3150. The van der Waals surface area contributed by atoms with E-state index in [0.29, 0.717) is 22.5 Å². The molecule has 3 aromatic heterocycles. The van der Waals surface area contributed by atoms with Gasteiger partial charge in [-0.3, -0.25) is 0 Å². The number of hydrogen-bond acceptors (Lipinski definition) is 5. The van der Waals surface area contributed by atoms with E-state index in [-0.39, 0.29) is 29.3 Å². The molecule has 0 aliphatic carbocycles. The van der Waals surface area contributed by atoms with Gasteiger partial charge in [0.1, 0.15) is 11.2 Å². The zero-order valence-corrected chi connectivity index (χ0v) is 27.2. The van der Waals surface area contributed by atoms with E-state index in [1.165, 1.54) is 20.2 Å². The van der Waals surface area contributed by atoms with Gasteiger partial charge in [-0.2, -0.15) is 0 Å². The lowest BCUT2D eigenvalue weighted by atomic mass is 10.0. The predicted molar refractivity (Wildman–Crippen MR) is 207 cm³/mol. The van der Waals surface area contributed by atoms with Crippen molar-refractivity contribution in [1.82, 2.24) is 15.0 Å². The van der Waals surface area contributed by atoms with Crippen LogP contribution in [-0.4, -0.2) is 15.0 Å². The van der Waals surface area contributed by atoms with Gasteiger partial charge in [0.25, 0.3) is 0 Å². The van der Waals surface area contributed by atoms with Crippen LogP contribution in [0.1, 0.15) is 6.85 Å². The molecule has 0 unspecified atom stereocenters. The minimum Gasteiger partial charge on any atom is -0.456 e. The minimum absolute atomic E-state index is 0.0220. The molecular weight excluding hydrogens is 631 g/mol. The first-order valence-corrected chi connectivity index (χ1v) is 17.0. The van der Waals surface area contributed by atoms with Crippen LogP contribution in [-0.2, 0) is 0 Å². The first kappa shape index (κ1) is 23.8. The highest BCUT2D eigenvalue weighted by Gasteiger charge is 2.17. The van der Waals surface area contributed by atoms with Gasteiger partial charge in [-0.15, -0.1) is 11.3 Å². The maximum Gasteiger partial charge on any atom is 0.164 e. The Balaban J connectivity index is 1.15. The average molecular weight is 663 g/mol. The van der Waals surface area contributed by atoms with Crippen molar-refractivity contribution in [1.29, 1.82) is 0 Å². The minimum atomic E-state index is -0.484. The van der Waals surface area contributed by atoms with Crippen LogP contribution in [0.4, 0.5) is 0 Å². The lowest BCUT2D eigenvalue weighted by Gasteiger charge is -2.10. The molecule has 0 aliphatic rings. The van der Waals surface area contributed by atoms with Crippen LogP contribution in [0.2, 0.25) is 0 Å². The Morgan fingerprint density at radius 3 is 1.98 bits per heavy atom. The number of furan rings is 1. The summed E-state index contributed by atoms with van der Waals surface area (Å²) in [4.78, 5) is 14.5. The third kappa shape index (κ3) is 4.87. The molecule has 0 atom stereocenters. The quantitative estimate of drug-likeness (QED) is 0.184. The third-order valence-electron chi connectivity index (χ3n) is 9.03. The van der Waals surface area contributed by atoms with Crippen molar-refractivity contribution in [2.45, 2.75) is 0 Å². The Labute approximate surface area is 299 Å². The van der Waals surface area contributed by atoms with E-state index in [9.17, 15) is 0 Å². The van der Waals surface area contributed by atoms with E-state index < -0.39 is 18.1 Å². The zero-order valence-electron chi connectivity index (χ0n) is 31.4. The average Bonchev–Trinajstić information content (AvgIpc) is 3.80. The van der Waals surface area contributed by atoms with Crippen molar-refractivity contribution in [3.63, 3.8) is 0 Å². The maximum absolute atomic E-state index is 8.75. The fourth-order valence-electron chi connectivity index (χ4n) is 6.63. The number of aromatic nitrogens is 3. The second-order valence-electron chi connectivity index (χ2n) is 12.1. The van der Waals surface area contributed by atoms with Crippen LogP contribution < -0.4 is 0 Å². The van der Waals surface area contributed by atoms with E-state index in [0.717, 1.165) is 38.6 Å². The highest BCUT2D eigenvalue weighted by molar-refractivity contribution is 7.26. The summed E-state index contributed by atoms with van der Waals surface area (Å²) in [7, 11) is 0. The summed E-state index contributed by atoms with van der Waals surface area (Å²) in [6.07, 6.45) is 0. The highest BCUT2D eigenvalue weighted by atomic mass is 32.1. The second-order valence-corrected chi connectivity index (χ2v) is 13.1. The molecule has 4 nitrogen and oxygen atoms in total. The van der Waals surface area contributed by atoms with Crippen molar-refractivity contribution in [2.24, 2.45) is 0 Å². The van der Waals surface area contributed by atoms with Gasteiger partial charge in [0.05, 0.1) is 6.85 Å². The first-order chi connectivity index (χ1) is 26.8. The lowest BCUT2D eigenvalue weighted by Crippen LogP contribution is -2.00. The van der Waals surface area contributed by atoms with Crippen molar-refractivity contribution < 1.29 is 11.3 Å². The normalized spacial score (nSPS) is 13.0. The van der Waals surface area contributed by atoms with Gasteiger partial charge < -0.3 is 4.42 Å². The molecule has 0 bridgehead atoms. The molecule has 0 N–H and O–H groups in total. The number of nitrogens with zero attached hydrogens (tertiary/aromatic N) is 3. The predicted octanol–water partition coefficient (Wildman–Crippen LogP) is 12.5. The molecule has 5 heteroatoms. The fourth-order valence-corrected chi connectivity index (χ4v) is 7.87. The van der Waals surface area contributed by atoms with Gasteiger partial charge in [0, 0.05) is 47.6 Å². The molecule has 3 heterocycles. The summed E-state index contributed by atoms with van der Waals surface area (Å²) in [6, 6.07) is 42.6. The standard InChI is InChI=1S/C45H27N3OS/c1-3-11-28(12-4-1)30-22-24-39-38(26-30)35-23-21-33(27-40(35)49-39)45-47-43(29-13-5-2-6-14-29)46-44(48-45)32-16-9-15-31(25-32)34-18-10-19-37-36-17-7-8-20-41(36)50-42(34)37/h1-27H/i2D,5D,6D,13D,14D. The van der Waals surface area contributed by atoms with E-state index >= 15 is 0 Å². The van der Waals surface area contributed by atoms with Crippen LogP contribution in [0.5, 0.6) is 0 Å². The Morgan fingerprint density at radius 1 is 0.440 bits per heavy atom. The second kappa shape index (κ2) is 11.6. The number of thiophene rings is 1. The van der Waals surface area contributed by atoms with Crippen molar-refractivity contribution in [2.75, 3.05) is 0 Å². The number of benzene rings is 7. The van der Waals surface area contributed by atoms with Crippen LogP contribution >= 0.6 is 11.3 Å². The zero-order chi connectivity index (χ0) is 37.4. The smallest absolute Gasteiger partial charge is 0.164 e. The largest absolute Gasteiger partial charge is 0.456 e. The lowest BCUT2D eigenvalue weighted by molar-refractivity contribution is 0.669. The Hall–Kier alpha value is -6.43. The summed E-state index contributed by atoms with van der Waals surface area (Å²) in [5.74, 6) is 0.553. The van der Waals surface area contributed by atoms with Crippen LogP contribution in [0.3, 0.4) is 0 Å². The fraction of sp³-hybridized carbons (Fsp3) is 0. The summed E-state index contributed by atoms with van der Waals surface area (Å²) in [6.45, 7) is 0. The van der Waals surface area contributed by atoms with Crippen LogP contribution in [0.25, 0.3) is 98.5 Å². The molecule has 0 spiro atoms. The molecule has 234 valence electrons. The van der Waals surface area contributed by atoms with Gasteiger partial charge in [-0.05, 0) is 58.7 Å². The summed E-state index contributed by atoms with van der Waals surface area (Å²) in [5.41, 5.74) is 6.83. The topological polar surface area (TPSA) is 51.8 Å². The van der Waals surface area contributed by atoms with Crippen LogP contribution in [0.15, 0.2) is 168 Å². The molecule has 10 rings (SSSR count). The monoisotopic (exact) mass is 662 g/mol. The van der Waals surface area contributed by atoms with Crippen molar-refractivity contribution in [3.05, 3.63) is 164 Å². The summed E-state index contributed by atoms with van der Waals surface area (Å²) >= 11 is 1.75. The van der Waals surface area contributed by atoms with Crippen molar-refractivity contribution >= 4 is 53.4 Å². The van der Waals surface area contributed by atoms with E-state index in [1.54, 1.807) is 11.3 Å². The van der Waals surface area contributed by atoms with Gasteiger partial charge in [0.2, 0.25) is 0 Å². The number of fused-ring (bicyclic) bond motifs is 6. The third-order valence-corrected chi connectivity index (χ3v) is 10.3. The van der Waals surface area contributed by atoms with Gasteiger partial charge in [0.15, 0.2) is 17.5 Å². The van der Waals surface area contributed by atoms with E-state index in [1.807, 2.05) is 66.7 Å². The Kier molecular flexibility index (Phi) is 5.54. The first-order valence-electron chi connectivity index (χ1n) is 18.7. The molecule has 7 aromatic carbocycles. The Morgan fingerprint density at radius 2 is 1.12 bits per heavy atom. The molecule has 50 heavy (non-hydrogen) atoms.